The van der Waals surface area contributed by atoms with Crippen molar-refractivity contribution in [2.24, 2.45) is 0 Å². The Morgan fingerprint density at radius 3 is 2.58 bits per heavy atom. The maximum Gasteiger partial charge on any atom is 0.233 e. The molecule has 1 fully saturated rings. The quantitative estimate of drug-likeness (QED) is 0.804. The number of aromatic nitrogens is 2. The molecule has 1 N–H and O–H groups in total. The van der Waals surface area contributed by atoms with Crippen LogP contribution in [0.15, 0.2) is 36.5 Å². The summed E-state index contributed by atoms with van der Waals surface area (Å²) < 4.78 is 0. The molecule has 0 aliphatic carbocycles. The number of carbonyl (C=O) groups excluding carboxylic acids is 1. The van der Waals surface area contributed by atoms with Crippen LogP contribution >= 0.6 is 11.8 Å². The molecule has 1 aliphatic heterocycles. The summed E-state index contributed by atoms with van der Waals surface area (Å²) in [5, 5.41) is 0.0219. The summed E-state index contributed by atoms with van der Waals surface area (Å²) in [4.78, 5) is 24.8. The number of imidazole rings is 1. The first-order chi connectivity index (χ1) is 12.5. The lowest BCUT2D eigenvalue weighted by Crippen LogP contribution is -2.43. The molecule has 6 heteroatoms. The molecule has 3 rings (SSSR count). The Morgan fingerprint density at radius 2 is 1.92 bits per heavy atom. The number of rotatable bonds is 7. The predicted octanol–water partition coefficient (Wildman–Crippen LogP) is 3.77. The maximum atomic E-state index is 12.4. The molecule has 5 nitrogen and oxygen atoms in total. The van der Waals surface area contributed by atoms with Gasteiger partial charge in [-0.25, -0.2) is 4.98 Å². The van der Waals surface area contributed by atoms with Gasteiger partial charge < -0.3 is 9.88 Å². The number of nitrogens with zero attached hydrogens (tertiary/aromatic N) is 3. The Morgan fingerprint density at radius 1 is 1.23 bits per heavy atom. The van der Waals surface area contributed by atoms with E-state index < -0.39 is 0 Å². The van der Waals surface area contributed by atoms with Gasteiger partial charge in [0, 0.05) is 30.7 Å². The minimum absolute atomic E-state index is 0.0219. The van der Waals surface area contributed by atoms with Crippen LogP contribution in [0, 0.1) is 0 Å². The highest BCUT2D eigenvalue weighted by molar-refractivity contribution is 8.00. The number of amides is 1. The molecule has 1 saturated heterocycles. The van der Waals surface area contributed by atoms with E-state index in [1.165, 1.54) is 0 Å². The van der Waals surface area contributed by atoms with Crippen molar-refractivity contribution >= 4 is 17.7 Å². The van der Waals surface area contributed by atoms with Gasteiger partial charge in [0.1, 0.15) is 11.2 Å². The fourth-order valence-corrected chi connectivity index (χ4v) is 4.66. The van der Waals surface area contributed by atoms with E-state index in [1.54, 1.807) is 11.8 Å². The van der Waals surface area contributed by atoms with Gasteiger partial charge in [-0.2, -0.15) is 0 Å². The van der Waals surface area contributed by atoms with Gasteiger partial charge in [-0.1, -0.05) is 30.3 Å². The Bertz CT molecular complexity index is 720. The van der Waals surface area contributed by atoms with Crippen LogP contribution in [0.25, 0.3) is 11.4 Å². The molecule has 1 unspecified atom stereocenters. The third-order valence-corrected chi connectivity index (χ3v) is 6.04. The van der Waals surface area contributed by atoms with Crippen LogP contribution in [0.5, 0.6) is 0 Å². The first kappa shape index (κ1) is 19.0. The van der Waals surface area contributed by atoms with Crippen molar-refractivity contribution < 1.29 is 4.79 Å². The van der Waals surface area contributed by atoms with Crippen molar-refractivity contribution in [3.63, 3.8) is 0 Å². The van der Waals surface area contributed by atoms with E-state index >= 15 is 0 Å². The Kier molecular flexibility index (Phi) is 6.04. The second-order valence-corrected chi connectivity index (χ2v) is 8.30. The number of aromatic amines is 1. The van der Waals surface area contributed by atoms with Crippen molar-refractivity contribution in [3.8, 4) is 11.4 Å². The minimum atomic E-state index is 0.0219. The third kappa shape index (κ3) is 4.13. The number of carbonyl (C=O) groups is 1. The molecular weight excluding hydrogens is 344 g/mol. The van der Waals surface area contributed by atoms with Gasteiger partial charge in [0.15, 0.2) is 0 Å². The van der Waals surface area contributed by atoms with Gasteiger partial charge in [0.25, 0.3) is 0 Å². The average Bonchev–Trinajstić information content (AvgIpc) is 3.22. The average molecular weight is 373 g/mol. The Labute approximate surface area is 160 Å². The molecule has 1 aliphatic rings. The largest absolute Gasteiger partial charge is 0.339 e. The normalized spacial score (nSPS) is 17.9. The van der Waals surface area contributed by atoms with E-state index in [4.69, 9.17) is 0 Å². The van der Waals surface area contributed by atoms with E-state index in [1.807, 2.05) is 41.4 Å². The number of thioether (sulfide) groups is 1. The monoisotopic (exact) mass is 372 g/mol. The van der Waals surface area contributed by atoms with E-state index in [-0.39, 0.29) is 11.3 Å². The molecule has 2 aromatic rings. The molecule has 1 aromatic heterocycles. The van der Waals surface area contributed by atoms with Gasteiger partial charge in [-0.15, -0.1) is 11.8 Å². The number of nitrogens with one attached hydrogen (secondary N) is 1. The van der Waals surface area contributed by atoms with Crippen LogP contribution in [0.1, 0.15) is 38.8 Å². The lowest BCUT2D eigenvalue weighted by Gasteiger charge is -2.33. The summed E-state index contributed by atoms with van der Waals surface area (Å²) in [5.74, 6) is 1.60. The highest BCUT2D eigenvalue weighted by atomic mass is 32.2. The molecule has 0 saturated carbocycles. The number of hydrogen-bond donors (Lipinski definition) is 1. The lowest BCUT2D eigenvalue weighted by molar-refractivity contribution is -0.128. The molecule has 1 amide bonds. The van der Waals surface area contributed by atoms with Crippen molar-refractivity contribution in [1.29, 1.82) is 0 Å². The standard InChI is InChI=1S/C20H28N4OS/c1-14(2)23(15(3)4)10-11-24-18(25)13-26-20(24)17-12-21-19(22-17)16-8-6-5-7-9-16/h5-9,12,14-15,20H,10-11,13H2,1-4H3,(H,21,22). The zero-order valence-corrected chi connectivity index (χ0v) is 16.8. The predicted molar refractivity (Wildman–Crippen MR) is 108 cm³/mol. The first-order valence-corrected chi connectivity index (χ1v) is 10.3. The molecule has 0 spiro atoms. The number of benzene rings is 1. The van der Waals surface area contributed by atoms with Crippen LogP contribution in [0.2, 0.25) is 0 Å². The highest BCUT2D eigenvalue weighted by Crippen LogP contribution is 2.38. The van der Waals surface area contributed by atoms with Gasteiger partial charge >= 0.3 is 0 Å². The second kappa shape index (κ2) is 8.27. The van der Waals surface area contributed by atoms with Crippen LogP contribution < -0.4 is 0 Å². The molecule has 140 valence electrons. The summed E-state index contributed by atoms with van der Waals surface area (Å²) in [5.41, 5.74) is 2.06. The van der Waals surface area contributed by atoms with Crippen LogP contribution in [-0.4, -0.2) is 56.6 Å². The summed E-state index contributed by atoms with van der Waals surface area (Å²) in [6.07, 6.45) is 1.87. The molecule has 1 atom stereocenters. The SMILES string of the molecule is CC(C)N(CCN1C(=O)CSC1c1cnc(-c2ccccc2)[nH]1)C(C)C. The Balaban J connectivity index is 1.73. The van der Waals surface area contributed by atoms with Crippen LogP contribution in [-0.2, 0) is 4.79 Å². The van der Waals surface area contributed by atoms with Crippen molar-refractivity contribution in [2.45, 2.75) is 45.2 Å². The van der Waals surface area contributed by atoms with Crippen molar-refractivity contribution in [2.75, 3.05) is 18.8 Å². The fourth-order valence-electron chi connectivity index (χ4n) is 3.49. The second-order valence-electron chi connectivity index (χ2n) is 7.23. The lowest BCUT2D eigenvalue weighted by atomic mass is 10.2. The van der Waals surface area contributed by atoms with Crippen LogP contribution in [0.4, 0.5) is 0 Å². The molecule has 0 bridgehead atoms. The molecule has 1 aromatic carbocycles. The van der Waals surface area contributed by atoms with Gasteiger partial charge in [-0.05, 0) is 27.7 Å². The zero-order valence-electron chi connectivity index (χ0n) is 16.0. The van der Waals surface area contributed by atoms with E-state index in [0.717, 1.165) is 30.2 Å². The Hall–Kier alpha value is -1.79. The van der Waals surface area contributed by atoms with Crippen LogP contribution in [0.3, 0.4) is 0 Å². The van der Waals surface area contributed by atoms with E-state index in [9.17, 15) is 4.79 Å². The molecular formula is C20H28N4OS. The first-order valence-electron chi connectivity index (χ1n) is 9.24. The number of hydrogen-bond acceptors (Lipinski definition) is 4. The molecule has 26 heavy (non-hydrogen) atoms. The summed E-state index contributed by atoms with van der Waals surface area (Å²) >= 11 is 1.68. The van der Waals surface area contributed by atoms with Gasteiger partial charge in [0.05, 0.1) is 17.6 Å². The number of H-pyrrole nitrogens is 1. The maximum absolute atomic E-state index is 12.4. The van der Waals surface area contributed by atoms with Gasteiger partial charge in [0.2, 0.25) is 5.91 Å². The van der Waals surface area contributed by atoms with Crippen molar-refractivity contribution in [3.05, 3.63) is 42.2 Å². The highest BCUT2D eigenvalue weighted by Gasteiger charge is 2.34. The minimum Gasteiger partial charge on any atom is -0.339 e. The topological polar surface area (TPSA) is 52.2 Å². The molecule has 0 radical (unpaired) electrons. The smallest absolute Gasteiger partial charge is 0.233 e. The summed E-state index contributed by atoms with van der Waals surface area (Å²) in [6, 6.07) is 11.0. The van der Waals surface area contributed by atoms with E-state index in [0.29, 0.717) is 17.8 Å². The third-order valence-electron chi connectivity index (χ3n) is 4.80. The van der Waals surface area contributed by atoms with Gasteiger partial charge in [-0.3, -0.25) is 9.69 Å². The summed E-state index contributed by atoms with van der Waals surface area (Å²) in [6.45, 7) is 10.5. The van der Waals surface area contributed by atoms with Crippen molar-refractivity contribution in [1.82, 2.24) is 19.8 Å². The summed E-state index contributed by atoms with van der Waals surface area (Å²) in [7, 11) is 0. The fraction of sp³-hybridized carbons (Fsp3) is 0.500. The van der Waals surface area contributed by atoms with E-state index in [2.05, 4.69) is 42.6 Å². The molecule has 2 heterocycles. The zero-order chi connectivity index (χ0) is 18.7.